The van der Waals surface area contributed by atoms with E-state index < -0.39 is 0 Å². The van der Waals surface area contributed by atoms with E-state index in [1.807, 2.05) is 30.3 Å². The van der Waals surface area contributed by atoms with E-state index in [0.29, 0.717) is 11.5 Å². The van der Waals surface area contributed by atoms with Crippen LogP contribution < -0.4 is 0 Å². The predicted molar refractivity (Wildman–Crippen MR) is 106 cm³/mol. The second kappa shape index (κ2) is 5.54. The van der Waals surface area contributed by atoms with Crippen molar-refractivity contribution in [2.24, 2.45) is 34.2 Å². The van der Waals surface area contributed by atoms with Gasteiger partial charge in [0.15, 0.2) is 0 Å². The molecule has 2 aromatic rings. The number of rotatable bonds is 3. The quantitative estimate of drug-likeness (QED) is 0.410. The smallest absolute Gasteiger partial charge is 0.254 e. The maximum atomic E-state index is 12.9. The van der Waals surface area contributed by atoms with Crippen LogP contribution in [0, 0.1) is 29.1 Å². The number of nitrogens with zero attached hydrogens (tertiary/aromatic N) is 2. The number of hydrogen-bond donors (Lipinski definition) is 0. The van der Waals surface area contributed by atoms with Gasteiger partial charge in [0.1, 0.15) is 11.5 Å². The molecule has 2 amide bonds. The highest BCUT2D eigenvalue weighted by Gasteiger charge is 2.73. The van der Waals surface area contributed by atoms with Gasteiger partial charge in [0, 0.05) is 10.0 Å². The second-order valence-corrected chi connectivity index (χ2v) is 9.08. The Hall–Kier alpha value is -2.47. The third-order valence-corrected chi connectivity index (χ3v) is 7.41. The number of allylic oxidation sites excluding steroid dienone is 2. The van der Waals surface area contributed by atoms with Crippen molar-refractivity contribution >= 4 is 34.0 Å². The summed E-state index contributed by atoms with van der Waals surface area (Å²) < 4.78 is 6.80. The molecule has 3 fully saturated rings. The lowest BCUT2D eigenvalue weighted by molar-refractivity contribution is -0.141. The van der Waals surface area contributed by atoms with Crippen LogP contribution in [-0.2, 0) is 9.59 Å². The van der Waals surface area contributed by atoms with E-state index >= 15 is 0 Å². The fourth-order valence-corrected chi connectivity index (χ4v) is 5.75. The van der Waals surface area contributed by atoms with E-state index in [4.69, 9.17) is 4.42 Å². The Morgan fingerprint density at radius 1 is 1.00 bits per heavy atom. The molecule has 2 heterocycles. The zero-order chi connectivity index (χ0) is 19.0. The van der Waals surface area contributed by atoms with Crippen molar-refractivity contribution in [3.8, 4) is 11.3 Å². The number of hydrogen-bond acceptors (Lipinski definition) is 4. The molecule has 4 atom stereocenters. The van der Waals surface area contributed by atoms with Crippen LogP contribution in [0.2, 0.25) is 0 Å². The van der Waals surface area contributed by atoms with E-state index in [0.717, 1.165) is 27.9 Å². The van der Waals surface area contributed by atoms with Gasteiger partial charge in [0.2, 0.25) is 0 Å². The molecule has 1 aromatic heterocycles. The lowest BCUT2D eigenvalue weighted by Gasteiger charge is -2.18. The van der Waals surface area contributed by atoms with Crippen molar-refractivity contribution in [1.29, 1.82) is 0 Å². The van der Waals surface area contributed by atoms with Gasteiger partial charge in [-0.1, -0.05) is 40.2 Å². The molecular weight excluding hydrogens is 420 g/mol. The number of furan rings is 1. The fourth-order valence-electron chi connectivity index (χ4n) is 5.48. The molecule has 2 saturated carbocycles. The summed E-state index contributed by atoms with van der Waals surface area (Å²) in [7, 11) is 0. The van der Waals surface area contributed by atoms with Gasteiger partial charge in [-0.25, -0.2) is 0 Å². The standard InChI is InChI=1S/C22H17BrN2O3/c23-13-3-1-12(2-4-13)17-8-5-14(28-17)11-24-25-20(26)18-15-6-7-16(19(18)21(25)27)22(15)9-10-22/h1-8,11,15-16,18-19H,9-10H2. The summed E-state index contributed by atoms with van der Waals surface area (Å²) in [6.45, 7) is 0. The van der Waals surface area contributed by atoms with Gasteiger partial charge in [-0.3, -0.25) is 9.59 Å². The van der Waals surface area contributed by atoms with E-state index in [1.165, 1.54) is 6.21 Å². The van der Waals surface area contributed by atoms with Gasteiger partial charge in [0.05, 0.1) is 18.1 Å². The summed E-state index contributed by atoms with van der Waals surface area (Å²) in [5.41, 5.74) is 1.15. The molecule has 0 radical (unpaired) electrons. The highest BCUT2D eigenvalue weighted by Crippen LogP contribution is 2.73. The van der Waals surface area contributed by atoms with E-state index in [-0.39, 0.29) is 40.9 Å². The maximum absolute atomic E-state index is 12.9. The number of amides is 2. The van der Waals surface area contributed by atoms with Gasteiger partial charge in [-0.05, 0) is 54.4 Å². The Bertz CT molecular complexity index is 1030. The highest BCUT2D eigenvalue weighted by atomic mass is 79.9. The molecule has 5 nitrogen and oxygen atoms in total. The second-order valence-electron chi connectivity index (χ2n) is 8.16. The molecule has 4 aliphatic rings. The van der Waals surface area contributed by atoms with Crippen LogP contribution in [0.4, 0.5) is 0 Å². The van der Waals surface area contributed by atoms with E-state index in [1.54, 1.807) is 6.07 Å². The van der Waals surface area contributed by atoms with Gasteiger partial charge >= 0.3 is 0 Å². The first-order chi connectivity index (χ1) is 13.6. The van der Waals surface area contributed by atoms with E-state index in [9.17, 15) is 9.59 Å². The fraction of sp³-hybridized carbons (Fsp3) is 0.318. The third-order valence-electron chi connectivity index (χ3n) is 6.89. The predicted octanol–water partition coefficient (Wildman–Crippen LogP) is 4.24. The lowest BCUT2D eigenvalue weighted by Crippen LogP contribution is -2.30. The van der Waals surface area contributed by atoms with Crippen LogP contribution in [0.1, 0.15) is 18.6 Å². The van der Waals surface area contributed by atoms with Gasteiger partial charge in [-0.2, -0.15) is 10.1 Å². The van der Waals surface area contributed by atoms with Crippen LogP contribution in [0.5, 0.6) is 0 Å². The monoisotopic (exact) mass is 436 g/mol. The zero-order valence-corrected chi connectivity index (χ0v) is 16.5. The molecule has 4 unspecified atom stereocenters. The Morgan fingerprint density at radius 3 is 2.25 bits per heavy atom. The van der Waals surface area contributed by atoms with Crippen LogP contribution >= 0.6 is 15.9 Å². The average Bonchev–Trinajstić information content (AvgIpc) is 2.97. The average molecular weight is 437 g/mol. The van der Waals surface area contributed by atoms with Gasteiger partial charge in [-0.15, -0.1) is 0 Å². The maximum Gasteiger partial charge on any atom is 0.254 e. The lowest BCUT2D eigenvalue weighted by atomic mass is 9.85. The van der Waals surface area contributed by atoms with Gasteiger partial charge in [0.25, 0.3) is 11.8 Å². The molecule has 28 heavy (non-hydrogen) atoms. The number of carbonyl (C=O) groups is 2. The molecule has 1 aliphatic heterocycles. The summed E-state index contributed by atoms with van der Waals surface area (Å²) in [4.78, 5) is 25.8. The number of halogens is 1. The molecule has 140 valence electrons. The Balaban J connectivity index is 1.24. The van der Waals surface area contributed by atoms with Crippen molar-refractivity contribution in [3.05, 3.63) is 58.8 Å². The summed E-state index contributed by atoms with van der Waals surface area (Å²) in [6, 6.07) is 11.4. The normalized spacial score (nSPS) is 31.5. The summed E-state index contributed by atoms with van der Waals surface area (Å²) in [5.74, 6) is 0.883. The SMILES string of the molecule is O=C1C2C(C(=O)N1N=Cc1ccc(-c3ccc(Br)cc3)o1)C1C=CC2C12CC2. The minimum Gasteiger partial charge on any atom is -0.455 e. The number of carbonyl (C=O) groups excluding carboxylic acids is 2. The van der Waals surface area contributed by atoms with Crippen LogP contribution in [0.15, 0.2) is 62.5 Å². The van der Waals surface area contributed by atoms with Crippen LogP contribution in [0.3, 0.4) is 0 Å². The minimum atomic E-state index is -0.225. The summed E-state index contributed by atoms with van der Waals surface area (Å²) in [5, 5.41) is 5.27. The number of fused-ring (bicyclic) bond motifs is 3. The Labute approximate surface area is 170 Å². The van der Waals surface area contributed by atoms with Crippen molar-refractivity contribution < 1.29 is 14.0 Å². The largest absolute Gasteiger partial charge is 0.455 e. The molecule has 1 saturated heterocycles. The molecule has 6 heteroatoms. The highest BCUT2D eigenvalue weighted by molar-refractivity contribution is 9.10. The molecule has 1 spiro atoms. The molecule has 2 bridgehead atoms. The first kappa shape index (κ1) is 16.5. The zero-order valence-electron chi connectivity index (χ0n) is 14.9. The number of imide groups is 1. The first-order valence-corrected chi connectivity index (χ1v) is 10.3. The molecule has 6 rings (SSSR count). The molecule has 0 N–H and O–H groups in total. The minimum absolute atomic E-state index is 0.158. The summed E-state index contributed by atoms with van der Waals surface area (Å²) in [6.07, 6.45) is 8.05. The van der Waals surface area contributed by atoms with Gasteiger partial charge < -0.3 is 4.42 Å². The summed E-state index contributed by atoms with van der Waals surface area (Å²) >= 11 is 3.42. The van der Waals surface area contributed by atoms with Crippen molar-refractivity contribution in [2.45, 2.75) is 12.8 Å². The molecule has 3 aliphatic carbocycles. The topological polar surface area (TPSA) is 62.9 Å². The molecular formula is C22H17BrN2O3. The van der Waals surface area contributed by atoms with Crippen molar-refractivity contribution in [3.63, 3.8) is 0 Å². The Kier molecular flexibility index (Phi) is 3.26. The number of hydrazone groups is 1. The Morgan fingerprint density at radius 2 is 1.64 bits per heavy atom. The molecule has 1 aromatic carbocycles. The number of benzene rings is 1. The van der Waals surface area contributed by atoms with Crippen LogP contribution in [-0.4, -0.2) is 23.0 Å². The third kappa shape index (κ3) is 2.09. The van der Waals surface area contributed by atoms with Crippen molar-refractivity contribution in [2.75, 3.05) is 0 Å². The first-order valence-electron chi connectivity index (χ1n) is 9.54. The van der Waals surface area contributed by atoms with E-state index in [2.05, 4.69) is 33.2 Å². The van der Waals surface area contributed by atoms with Crippen molar-refractivity contribution in [1.82, 2.24) is 5.01 Å². The van der Waals surface area contributed by atoms with Crippen LogP contribution in [0.25, 0.3) is 11.3 Å².